The molecule has 1 N–H and O–H groups in total. The van der Waals surface area contributed by atoms with Gasteiger partial charge in [0.05, 0.1) is 6.54 Å². The predicted octanol–water partition coefficient (Wildman–Crippen LogP) is 2.37. The van der Waals surface area contributed by atoms with Gasteiger partial charge >= 0.3 is 0 Å². The Morgan fingerprint density at radius 3 is 2.84 bits per heavy atom. The molecule has 6 nitrogen and oxygen atoms in total. The zero-order chi connectivity index (χ0) is 13.5. The van der Waals surface area contributed by atoms with Gasteiger partial charge in [-0.05, 0) is 12.8 Å². The standard InChI is InChI=1S/C12H18N6S/c1-12(2,3)10-15-11(19-17-10)13-6-9-16-14-7-18(9)8-4-5-8/h7-8H,4-6H2,1-3H3,(H,13,15,17). The summed E-state index contributed by atoms with van der Waals surface area (Å²) in [4.78, 5) is 4.51. The largest absolute Gasteiger partial charge is 0.353 e. The van der Waals surface area contributed by atoms with Gasteiger partial charge in [0.15, 0.2) is 5.82 Å². The van der Waals surface area contributed by atoms with E-state index in [0.29, 0.717) is 12.6 Å². The van der Waals surface area contributed by atoms with Crippen LogP contribution in [-0.4, -0.2) is 24.1 Å². The van der Waals surface area contributed by atoms with E-state index in [9.17, 15) is 0 Å². The van der Waals surface area contributed by atoms with Crippen LogP contribution >= 0.6 is 11.5 Å². The minimum absolute atomic E-state index is 0.00946. The van der Waals surface area contributed by atoms with E-state index >= 15 is 0 Å². The van der Waals surface area contributed by atoms with E-state index in [1.165, 1.54) is 24.4 Å². The van der Waals surface area contributed by atoms with Crippen LogP contribution in [0.5, 0.6) is 0 Å². The van der Waals surface area contributed by atoms with Gasteiger partial charge in [-0.2, -0.15) is 4.37 Å². The van der Waals surface area contributed by atoms with Gasteiger partial charge in [-0.3, -0.25) is 0 Å². The van der Waals surface area contributed by atoms with Crippen LogP contribution in [0.4, 0.5) is 5.13 Å². The number of aromatic nitrogens is 5. The van der Waals surface area contributed by atoms with E-state index in [2.05, 4.69) is 50.2 Å². The maximum atomic E-state index is 4.51. The van der Waals surface area contributed by atoms with Crippen molar-refractivity contribution in [2.75, 3.05) is 5.32 Å². The summed E-state index contributed by atoms with van der Waals surface area (Å²) in [5, 5.41) is 12.3. The molecular weight excluding hydrogens is 260 g/mol. The first-order valence-corrected chi connectivity index (χ1v) is 7.28. The molecule has 0 aromatic carbocycles. The molecule has 3 rings (SSSR count). The fourth-order valence-corrected chi connectivity index (χ4v) is 2.56. The topological polar surface area (TPSA) is 68.5 Å². The molecular formula is C12H18N6S. The average Bonchev–Trinajstić information content (AvgIpc) is 2.91. The van der Waals surface area contributed by atoms with Crippen molar-refractivity contribution in [2.24, 2.45) is 0 Å². The highest BCUT2D eigenvalue weighted by Crippen LogP contribution is 2.35. The first-order valence-electron chi connectivity index (χ1n) is 6.50. The van der Waals surface area contributed by atoms with Crippen molar-refractivity contribution < 1.29 is 0 Å². The third-order valence-electron chi connectivity index (χ3n) is 3.08. The summed E-state index contributed by atoms with van der Waals surface area (Å²) in [6.07, 6.45) is 4.28. The first kappa shape index (κ1) is 12.5. The van der Waals surface area contributed by atoms with Gasteiger partial charge in [0.1, 0.15) is 12.2 Å². The van der Waals surface area contributed by atoms with Crippen LogP contribution < -0.4 is 5.32 Å². The SMILES string of the molecule is CC(C)(C)c1nsc(NCc2nncn2C2CC2)n1. The fourth-order valence-electron chi connectivity index (χ4n) is 1.81. The summed E-state index contributed by atoms with van der Waals surface area (Å²) >= 11 is 1.40. The molecule has 0 amide bonds. The normalized spacial score (nSPS) is 15.7. The van der Waals surface area contributed by atoms with E-state index in [4.69, 9.17) is 0 Å². The highest BCUT2D eigenvalue weighted by molar-refractivity contribution is 7.09. The third-order valence-corrected chi connectivity index (χ3v) is 3.75. The van der Waals surface area contributed by atoms with Gasteiger partial charge in [-0.25, -0.2) is 4.98 Å². The Kier molecular flexibility index (Phi) is 3.00. The summed E-state index contributed by atoms with van der Waals surface area (Å²) in [6, 6.07) is 0.603. The molecule has 0 saturated heterocycles. The van der Waals surface area contributed by atoms with Gasteiger partial charge in [0.25, 0.3) is 0 Å². The van der Waals surface area contributed by atoms with Gasteiger partial charge in [0.2, 0.25) is 5.13 Å². The Bertz CT molecular complexity index is 563. The molecule has 1 saturated carbocycles. The number of anilines is 1. The Labute approximate surface area is 116 Å². The van der Waals surface area contributed by atoms with Crippen LogP contribution in [0.3, 0.4) is 0 Å². The molecule has 2 aromatic heterocycles. The van der Waals surface area contributed by atoms with Crippen LogP contribution in [0.1, 0.15) is 51.3 Å². The smallest absolute Gasteiger partial charge is 0.202 e. The molecule has 1 fully saturated rings. The summed E-state index contributed by atoms with van der Waals surface area (Å²) < 4.78 is 6.53. The van der Waals surface area contributed by atoms with Crippen molar-refractivity contribution in [3.05, 3.63) is 18.0 Å². The van der Waals surface area contributed by atoms with Crippen molar-refractivity contribution in [3.8, 4) is 0 Å². The summed E-state index contributed by atoms with van der Waals surface area (Å²) in [5.41, 5.74) is -0.00946. The number of nitrogens with zero attached hydrogens (tertiary/aromatic N) is 5. The second-order valence-corrected chi connectivity index (χ2v) is 6.66. The van der Waals surface area contributed by atoms with Crippen molar-refractivity contribution in [1.82, 2.24) is 24.1 Å². The lowest BCUT2D eigenvalue weighted by Gasteiger charge is -2.12. The molecule has 0 bridgehead atoms. The van der Waals surface area contributed by atoms with Gasteiger partial charge in [-0.1, -0.05) is 20.8 Å². The first-order chi connectivity index (χ1) is 9.04. The van der Waals surface area contributed by atoms with Gasteiger partial charge in [0, 0.05) is 23.0 Å². The van der Waals surface area contributed by atoms with Crippen molar-refractivity contribution in [3.63, 3.8) is 0 Å². The highest BCUT2D eigenvalue weighted by Gasteiger charge is 2.26. The highest BCUT2D eigenvalue weighted by atomic mass is 32.1. The van der Waals surface area contributed by atoms with Crippen LogP contribution in [0.25, 0.3) is 0 Å². The minimum atomic E-state index is -0.00946. The van der Waals surface area contributed by atoms with E-state index in [-0.39, 0.29) is 5.41 Å². The summed E-state index contributed by atoms with van der Waals surface area (Å²) in [5.74, 6) is 1.85. The summed E-state index contributed by atoms with van der Waals surface area (Å²) in [7, 11) is 0. The molecule has 2 heterocycles. The van der Waals surface area contributed by atoms with E-state index in [0.717, 1.165) is 16.8 Å². The molecule has 7 heteroatoms. The molecule has 0 unspecified atom stereocenters. The van der Waals surface area contributed by atoms with Gasteiger partial charge in [-0.15, -0.1) is 10.2 Å². The molecule has 0 atom stereocenters. The molecule has 0 spiro atoms. The van der Waals surface area contributed by atoms with E-state index < -0.39 is 0 Å². The van der Waals surface area contributed by atoms with E-state index in [1.54, 1.807) is 0 Å². The molecule has 102 valence electrons. The average molecular weight is 278 g/mol. The Morgan fingerprint density at radius 2 is 2.21 bits per heavy atom. The van der Waals surface area contributed by atoms with E-state index in [1.807, 2.05) is 6.33 Å². The Balaban J connectivity index is 1.65. The quantitative estimate of drug-likeness (QED) is 0.930. The Morgan fingerprint density at radius 1 is 1.42 bits per heavy atom. The van der Waals surface area contributed by atoms with Crippen molar-refractivity contribution in [1.29, 1.82) is 0 Å². The lowest BCUT2D eigenvalue weighted by Crippen LogP contribution is -2.13. The van der Waals surface area contributed by atoms with Crippen molar-refractivity contribution >= 4 is 16.7 Å². The molecule has 0 radical (unpaired) electrons. The maximum Gasteiger partial charge on any atom is 0.202 e. The molecule has 2 aromatic rings. The zero-order valence-corrected chi connectivity index (χ0v) is 12.2. The molecule has 0 aliphatic heterocycles. The Hall–Kier alpha value is -1.50. The van der Waals surface area contributed by atoms with Crippen LogP contribution in [0, 0.1) is 0 Å². The van der Waals surface area contributed by atoms with Crippen molar-refractivity contribution in [2.45, 2.75) is 51.6 Å². The lowest BCUT2D eigenvalue weighted by molar-refractivity contribution is 0.555. The predicted molar refractivity (Wildman–Crippen MR) is 74.2 cm³/mol. The number of hydrogen-bond donors (Lipinski definition) is 1. The maximum absolute atomic E-state index is 4.51. The number of nitrogens with one attached hydrogen (secondary N) is 1. The van der Waals surface area contributed by atoms with Crippen LogP contribution in [0.15, 0.2) is 6.33 Å². The van der Waals surface area contributed by atoms with Crippen LogP contribution in [0.2, 0.25) is 0 Å². The second-order valence-electron chi connectivity index (χ2n) is 5.91. The second kappa shape index (κ2) is 4.56. The number of rotatable bonds is 4. The molecule has 1 aliphatic rings. The zero-order valence-electron chi connectivity index (χ0n) is 11.4. The monoisotopic (exact) mass is 278 g/mol. The molecule has 19 heavy (non-hydrogen) atoms. The number of hydrogen-bond acceptors (Lipinski definition) is 6. The third kappa shape index (κ3) is 2.75. The molecule has 1 aliphatic carbocycles. The minimum Gasteiger partial charge on any atom is -0.353 e. The summed E-state index contributed by atoms with van der Waals surface area (Å²) in [6.45, 7) is 6.99. The fraction of sp³-hybridized carbons (Fsp3) is 0.667. The van der Waals surface area contributed by atoms with Gasteiger partial charge < -0.3 is 9.88 Å². The lowest BCUT2D eigenvalue weighted by atomic mass is 9.96. The van der Waals surface area contributed by atoms with Crippen LogP contribution in [-0.2, 0) is 12.0 Å².